The molecule has 0 bridgehead atoms. The molecule has 0 radical (unpaired) electrons. The van der Waals surface area contributed by atoms with Crippen molar-refractivity contribution in [3.05, 3.63) is 51.9 Å². The van der Waals surface area contributed by atoms with Gasteiger partial charge in [0, 0.05) is 16.5 Å². The van der Waals surface area contributed by atoms with Gasteiger partial charge in [-0.25, -0.2) is 4.79 Å². The van der Waals surface area contributed by atoms with Crippen LogP contribution in [0.2, 0.25) is 0 Å². The van der Waals surface area contributed by atoms with E-state index in [1.54, 1.807) is 13.0 Å². The molecule has 2 aromatic rings. The third-order valence-electron chi connectivity index (χ3n) is 6.30. The van der Waals surface area contributed by atoms with Crippen molar-refractivity contribution in [1.29, 1.82) is 0 Å². The molecule has 1 aromatic carbocycles. The maximum atomic E-state index is 12.8. The fourth-order valence-corrected chi connectivity index (χ4v) is 5.55. The standard InChI is InChI=1S/C28H37NO4S/c1-6-8-17-33-22-12-10-9-11-19(22)13-16-24(30)29-26-25(27(31)32-7-2)21-15-14-20(28(3,4)5)18-23(21)34-26/h9-13,16,20H,6-8,14-15,17-18H2,1-5H3,(H,29,30)/b16-13+. The lowest BCUT2D eigenvalue weighted by Crippen LogP contribution is -2.26. The first-order chi connectivity index (χ1) is 16.2. The smallest absolute Gasteiger partial charge is 0.341 e. The number of benzene rings is 1. The van der Waals surface area contributed by atoms with Crippen molar-refractivity contribution >= 4 is 34.3 Å². The van der Waals surface area contributed by atoms with E-state index in [9.17, 15) is 9.59 Å². The first-order valence-electron chi connectivity index (χ1n) is 12.3. The summed E-state index contributed by atoms with van der Waals surface area (Å²) in [7, 11) is 0. The van der Waals surface area contributed by atoms with Crippen LogP contribution in [0.25, 0.3) is 6.08 Å². The van der Waals surface area contributed by atoms with Gasteiger partial charge in [-0.1, -0.05) is 52.3 Å². The third kappa shape index (κ3) is 6.50. The zero-order valence-electron chi connectivity index (χ0n) is 21.0. The summed E-state index contributed by atoms with van der Waals surface area (Å²) in [5, 5.41) is 3.54. The molecule has 0 saturated carbocycles. The lowest BCUT2D eigenvalue weighted by molar-refractivity contribution is -0.111. The zero-order chi connectivity index (χ0) is 24.7. The SMILES string of the molecule is CCCCOc1ccccc1/C=C/C(=O)Nc1sc2c(c1C(=O)OCC)CCC(C(C)(C)C)C2. The Bertz CT molecular complexity index is 1030. The summed E-state index contributed by atoms with van der Waals surface area (Å²) in [5.74, 6) is 0.663. The van der Waals surface area contributed by atoms with E-state index in [0.717, 1.165) is 49.0 Å². The molecule has 34 heavy (non-hydrogen) atoms. The number of unbranched alkanes of at least 4 members (excludes halogenated alkanes) is 1. The fourth-order valence-electron chi connectivity index (χ4n) is 4.23. The Morgan fingerprint density at radius 3 is 2.68 bits per heavy atom. The monoisotopic (exact) mass is 483 g/mol. The summed E-state index contributed by atoms with van der Waals surface area (Å²) in [6.45, 7) is 11.7. The minimum Gasteiger partial charge on any atom is -0.493 e. The summed E-state index contributed by atoms with van der Waals surface area (Å²) in [6, 6.07) is 7.67. The number of hydrogen-bond acceptors (Lipinski definition) is 5. The minimum atomic E-state index is -0.358. The molecule has 0 saturated heterocycles. The molecule has 1 heterocycles. The number of rotatable bonds is 9. The van der Waals surface area contributed by atoms with Crippen molar-refractivity contribution in [3.63, 3.8) is 0 Å². The van der Waals surface area contributed by atoms with Crippen LogP contribution >= 0.6 is 11.3 Å². The van der Waals surface area contributed by atoms with Gasteiger partial charge in [0.1, 0.15) is 10.8 Å². The van der Waals surface area contributed by atoms with Crippen molar-refractivity contribution in [2.75, 3.05) is 18.5 Å². The van der Waals surface area contributed by atoms with Gasteiger partial charge >= 0.3 is 5.97 Å². The van der Waals surface area contributed by atoms with Crippen LogP contribution in [0.4, 0.5) is 5.00 Å². The molecule has 1 aliphatic carbocycles. The maximum absolute atomic E-state index is 12.8. The fraction of sp³-hybridized carbons (Fsp3) is 0.500. The molecule has 1 N–H and O–H groups in total. The predicted molar refractivity (Wildman–Crippen MR) is 140 cm³/mol. The largest absolute Gasteiger partial charge is 0.493 e. The maximum Gasteiger partial charge on any atom is 0.341 e. The Labute approximate surface area is 207 Å². The van der Waals surface area contributed by atoms with Gasteiger partial charge in [0.2, 0.25) is 5.91 Å². The van der Waals surface area contributed by atoms with Crippen LogP contribution in [-0.2, 0) is 22.4 Å². The van der Waals surface area contributed by atoms with Crippen molar-refractivity contribution < 1.29 is 19.1 Å². The molecule has 1 amide bonds. The summed E-state index contributed by atoms with van der Waals surface area (Å²) in [5.41, 5.74) is 2.61. The molecule has 1 aromatic heterocycles. The number of carbonyl (C=O) groups excluding carboxylic acids is 2. The average Bonchev–Trinajstić information content (AvgIpc) is 3.15. The summed E-state index contributed by atoms with van der Waals surface area (Å²) in [4.78, 5) is 26.8. The molecular weight excluding hydrogens is 446 g/mol. The predicted octanol–water partition coefficient (Wildman–Crippen LogP) is 6.91. The number of ether oxygens (including phenoxy) is 2. The molecule has 0 fully saturated rings. The van der Waals surface area contributed by atoms with Crippen molar-refractivity contribution in [1.82, 2.24) is 0 Å². The number of para-hydroxylation sites is 1. The van der Waals surface area contributed by atoms with E-state index >= 15 is 0 Å². The van der Waals surface area contributed by atoms with Crippen LogP contribution in [-0.4, -0.2) is 25.1 Å². The summed E-state index contributed by atoms with van der Waals surface area (Å²) in [6.07, 6.45) is 8.07. The topological polar surface area (TPSA) is 64.6 Å². The number of hydrogen-bond donors (Lipinski definition) is 1. The van der Waals surface area contributed by atoms with E-state index in [-0.39, 0.29) is 17.3 Å². The number of carbonyl (C=O) groups is 2. The van der Waals surface area contributed by atoms with Crippen LogP contribution in [0, 0.1) is 11.3 Å². The summed E-state index contributed by atoms with van der Waals surface area (Å²) < 4.78 is 11.2. The molecule has 0 aliphatic heterocycles. The lowest BCUT2D eigenvalue weighted by Gasteiger charge is -2.33. The molecular formula is C28H37NO4S. The Morgan fingerprint density at radius 2 is 1.97 bits per heavy atom. The van der Waals surface area contributed by atoms with Gasteiger partial charge in [0.05, 0.1) is 18.8 Å². The molecule has 1 unspecified atom stereocenters. The van der Waals surface area contributed by atoms with E-state index < -0.39 is 0 Å². The Hall–Kier alpha value is -2.60. The van der Waals surface area contributed by atoms with Crippen LogP contribution in [0.5, 0.6) is 5.75 Å². The Balaban J connectivity index is 1.80. The molecule has 1 aliphatic rings. The van der Waals surface area contributed by atoms with Gasteiger partial charge in [0.15, 0.2) is 0 Å². The first-order valence-corrected chi connectivity index (χ1v) is 13.1. The second-order valence-corrected chi connectivity index (χ2v) is 10.9. The highest BCUT2D eigenvalue weighted by Gasteiger charge is 2.34. The minimum absolute atomic E-state index is 0.199. The molecule has 0 spiro atoms. The molecule has 6 heteroatoms. The molecule has 1 atom stereocenters. The van der Waals surface area contributed by atoms with Gasteiger partial charge in [-0.3, -0.25) is 4.79 Å². The number of thiophene rings is 1. The Kier molecular flexibility index (Phi) is 8.95. The first kappa shape index (κ1) is 26.0. The zero-order valence-corrected chi connectivity index (χ0v) is 21.8. The van der Waals surface area contributed by atoms with E-state index in [4.69, 9.17) is 9.47 Å². The van der Waals surface area contributed by atoms with Gasteiger partial charge in [-0.15, -0.1) is 11.3 Å². The number of anilines is 1. The highest BCUT2D eigenvalue weighted by molar-refractivity contribution is 7.17. The quantitative estimate of drug-likeness (QED) is 0.239. The Morgan fingerprint density at radius 1 is 1.21 bits per heavy atom. The van der Waals surface area contributed by atoms with Gasteiger partial charge in [-0.2, -0.15) is 0 Å². The van der Waals surface area contributed by atoms with E-state index in [0.29, 0.717) is 29.7 Å². The third-order valence-corrected chi connectivity index (χ3v) is 7.46. The van der Waals surface area contributed by atoms with Gasteiger partial charge in [-0.05, 0) is 61.6 Å². The van der Waals surface area contributed by atoms with Crippen molar-refractivity contribution in [2.24, 2.45) is 11.3 Å². The highest BCUT2D eigenvalue weighted by atomic mass is 32.1. The number of fused-ring (bicyclic) bond motifs is 1. The molecule has 184 valence electrons. The van der Waals surface area contributed by atoms with Gasteiger partial charge in [0.25, 0.3) is 0 Å². The second-order valence-electron chi connectivity index (χ2n) is 9.80. The second kappa shape index (κ2) is 11.7. The van der Waals surface area contributed by atoms with Crippen LogP contribution < -0.4 is 10.1 Å². The molecule has 5 nitrogen and oxygen atoms in total. The van der Waals surface area contributed by atoms with Crippen molar-refractivity contribution in [3.8, 4) is 5.75 Å². The summed E-state index contributed by atoms with van der Waals surface area (Å²) >= 11 is 1.51. The number of esters is 1. The van der Waals surface area contributed by atoms with E-state index in [1.807, 2.05) is 24.3 Å². The van der Waals surface area contributed by atoms with E-state index in [1.165, 1.54) is 22.3 Å². The molecule has 3 rings (SSSR count). The van der Waals surface area contributed by atoms with Crippen LogP contribution in [0.1, 0.15) is 80.2 Å². The van der Waals surface area contributed by atoms with E-state index in [2.05, 4.69) is 33.0 Å². The van der Waals surface area contributed by atoms with Crippen molar-refractivity contribution in [2.45, 2.75) is 66.7 Å². The number of nitrogens with one attached hydrogen (secondary N) is 1. The number of amides is 1. The van der Waals surface area contributed by atoms with Crippen LogP contribution in [0.15, 0.2) is 30.3 Å². The van der Waals surface area contributed by atoms with Gasteiger partial charge < -0.3 is 14.8 Å². The van der Waals surface area contributed by atoms with Crippen LogP contribution in [0.3, 0.4) is 0 Å². The average molecular weight is 484 g/mol. The normalized spacial score (nSPS) is 15.7. The highest BCUT2D eigenvalue weighted by Crippen LogP contribution is 2.44. The lowest BCUT2D eigenvalue weighted by atomic mass is 9.72.